The van der Waals surface area contributed by atoms with Crippen molar-refractivity contribution in [3.63, 3.8) is 0 Å². The number of aromatic nitrogens is 1. The van der Waals surface area contributed by atoms with Crippen LogP contribution in [0.5, 0.6) is 5.75 Å². The zero-order valence-corrected chi connectivity index (χ0v) is 19.0. The van der Waals surface area contributed by atoms with E-state index >= 15 is 0 Å². The Morgan fingerprint density at radius 1 is 1.09 bits per heavy atom. The Balaban J connectivity index is 0.000000257. The molecule has 0 bridgehead atoms. The molecule has 1 atom stereocenters. The molecular weight excluding hydrogens is 510 g/mol. The summed E-state index contributed by atoms with van der Waals surface area (Å²) in [5.41, 5.74) is 0. The summed E-state index contributed by atoms with van der Waals surface area (Å²) >= 11 is 2.11. The summed E-state index contributed by atoms with van der Waals surface area (Å²) in [6.45, 7) is 4.34. The molecule has 3 fully saturated rings. The van der Waals surface area contributed by atoms with E-state index in [2.05, 4.69) is 21.6 Å². The first kappa shape index (κ1) is 29.0. The van der Waals surface area contributed by atoms with Crippen molar-refractivity contribution in [1.82, 2.24) is 9.88 Å². The maximum absolute atomic E-state index is 10.6. The predicted octanol–water partition coefficient (Wildman–Crippen LogP) is 3.47. The van der Waals surface area contributed by atoms with Crippen LogP contribution in [0.3, 0.4) is 0 Å². The fourth-order valence-electron chi connectivity index (χ4n) is 3.71. The third kappa shape index (κ3) is 9.37. The first-order chi connectivity index (χ1) is 16.2. The number of aliphatic carboxylic acids is 2. The van der Waals surface area contributed by atoms with Gasteiger partial charge < -0.3 is 19.7 Å². The summed E-state index contributed by atoms with van der Waals surface area (Å²) in [7, 11) is 0. The zero-order chi connectivity index (χ0) is 26.3. The Kier molecular flexibility index (Phi) is 10.0. The van der Waals surface area contributed by atoms with Gasteiger partial charge in [-0.25, -0.2) is 9.59 Å². The van der Waals surface area contributed by atoms with E-state index in [4.69, 9.17) is 29.3 Å². The molecule has 0 aliphatic carbocycles. The molecule has 198 valence electrons. The number of pyridine rings is 1. The van der Waals surface area contributed by atoms with Crippen LogP contribution in [0.4, 0.5) is 26.3 Å². The summed E-state index contributed by atoms with van der Waals surface area (Å²) in [4.78, 5) is 24.6. The van der Waals surface area contributed by atoms with E-state index in [9.17, 15) is 26.3 Å². The highest BCUT2D eigenvalue weighted by molar-refractivity contribution is 8.01. The van der Waals surface area contributed by atoms with Gasteiger partial charge in [0.2, 0.25) is 0 Å². The van der Waals surface area contributed by atoms with Gasteiger partial charge in [-0.05, 0) is 25.0 Å². The van der Waals surface area contributed by atoms with Crippen LogP contribution in [0.1, 0.15) is 19.3 Å². The molecule has 1 unspecified atom stereocenters. The van der Waals surface area contributed by atoms with E-state index in [-0.39, 0.29) is 0 Å². The Morgan fingerprint density at radius 3 is 2.09 bits per heavy atom. The first-order valence-electron chi connectivity index (χ1n) is 10.3. The summed E-state index contributed by atoms with van der Waals surface area (Å²) in [6, 6.07) is 4.68. The smallest absolute Gasteiger partial charge is 0.488 e. The standard InChI is InChI=1S/C16H22N2O2S.2C2HF3O2/c1-2-14(9-17-5-1)20-15-8-16(21-10-15)11-18(12-16)13-3-6-19-7-4-13;2*3-2(4,5)1(6)7/h1-2,5,9,13,15H,3-4,6-8,10-12H2;2*(H,6,7). The van der Waals surface area contributed by atoms with Crippen molar-refractivity contribution in [3.05, 3.63) is 24.5 Å². The monoisotopic (exact) mass is 534 g/mol. The van der Waals surface area contributed by atoms with Gasteiger partial charge in [-0.1, -0.05) is 0 Å². The second kappa shape index (κ2) is 12.1. The van der Waals surface area contributed by atoms with Gasteiger partial charge in [0.25, 0.3) is 0 Å². The third-order valence-corrected chi connectivity index (χ3v) is 6.86. The topological polar surface area (TPSA) is 109 Å². The van der Waals surface area contributed by atoms with Gasteiger partial charge in [-0.3, -0.25) is 9.88 Å². The van der Waals surface area contributed by atoms with E-state index in [0.717, 1.165) is 30.8 Å². The first-order valence-corrected chi connectivity index (χ1v) is 11.3. The highest BCUT2D eigenvalue weighted by Crippen LogP contribution is 2.47. The Morgan fingerprint density at radius 2 is 1.63 bits per heavy atom. The molecule has 35 heavy (non-hydrogen) atoms. The van der Waals surface area contributed by atoms with Crippen LogP contribution in [0, 0.1) is 0 Å². The number of nitrogens with zero attached hydrogens (tertiary/aromatic N) is 2. The lowest BCUT2D eigenvalue weighted by molar-refractivity contribution is -0.193. The predicted molar refractivity (Wildman–Crippen MR) is 111 cm³/mol. The van der Waals surface area contributed by atoms with Gasteiger partial charge in [0, 0.05) is 55.5 Å². The number of likely N-dealkylation sites (tertiary alicyclic amines) is 1. The molecule has 3 aliphatic heterocycles. The molecule has 3 saturated heterocycles. The van der Waals surface area contributed by atoms with Crippen LogP contribution in [-0.2, 0) is 14.3 Å². The molecule has 8 nitrogen and oxygen atoms in total. The summed E-state index contributed by atoms with van der Waals surface area (Å²) in [6.07, 6.45) is -2.64. The highest BCUT2D eigenvalue weighted by Gasteiger charge is 2.51. The third-order valence-electron chi connectivity index (χ3n) is 5.29. The molecule has 4 heterocycles. The number of halogens is 6. The van der Waals surface area contributed by atoms with Crippen molar-refractivity contribution in [2.75, 3.05) is 32.1 Å². The molecule has 1 spiro atoms. The van der Waals surface area contributed by atoms with Gasteiger partial charge in [0.15, 0.2) is 0 Å². The molecule has 2 N–H and O–H groups in total. The van der Waals surface area contributed by atoms with E-state index in [1.165, 1.54) is 32.4 Å². The molecule has 0 amide bonds. The van der Waals surface area contributed by atoms with Gasteiger partial charge in [0.05, 0.1) is 6.20 Å². The molecule has 0 saturated carbocycles. The minimum Gasteiger partial charge on any atom is -0.488 e. The molecule has 15 heteroatoms. The highest BCUT2D eigenvalue weighted by atomic mass is 32.2. The minimum atomic E-state index is -5.08. The Bertz CT molecular complexity index is 806. The number of rotatable bonds is 3. The van der Waals surface area contributed by atoms with Crippen LogP contribution in [0.25, 0.3) is 0 Å². The lowest BCUT2D eigenvalue weighted by atomic mass is 9.89. The van der Waals surface area contributed by atoms with Crippen LogP contribution in [-0.4, -0.2) is 93.3 Å². The normalized spacial score (nSPS) is 22.2. The van der Waals surface area contributed by atoms with E-state index < -0.39 is 24.3 Å². The number of thioether (sulfide) groups is 1. The quantitative estimate of drug-likeness (QED) is 0.564. The number of hydrogen-bond acceptors (Lipinski definition) is 7. The Hall–Kier alpha value is -2.26. The van der Waals surface area contributed by atoms with Gasteiger partial charge in [-0.2, -0.15) is 26.3 Å². The van der Waals surface area contributed by atoms with Gasteiger partial charge >= 0.3 is 24.3 Å². The van der Waals surface area contributed by atoms with E-state index in [1.807, 2.05) is 18.3 Å². The van der Waals surface area contributed by atoms with Crippen molar-refractivity contribution in [2.45, 2.75) is 48.5 Å². The van der Waals surface area contributed by atoms with Gasteiger partial charge in [-0.15, -0.1) is 11.8 Å². The SMILES string of the molecule is O=C(O)C(F)(F)F.O=C(O)C(F)(F)F.c1cncc(OC2CSC3(C2)CN(C2CCOCC2)C3)c1. The lowest BCUT2D eigenvalue weighted by Gasteiger charge is -2.52. The average Bonchev–Trinajstić information content (AvgIpc) is 3.18. The maximum atomic E-state index is 10.6. The second-order valence-corrected chi connectivity index (χ2v) is 9.47. The van der Waals surface area contributed by atoms with E-state index in [0.29, 0.717) is 10.9 Å². The van der Waals surface area contributed by atoms with Crippen molar-refractivity contribution < 1.29 is 55.6 Å². The second-order valence-electron chi connectivity index (χ2n) is 7.98. The molecule has 1 aromatic rings. The van der Waals surface area contributed by atoms with Crippen molar-refractivity contribution in [3.8, 4) is 5.75 Å². The van der Waals surface area contributed by atoms with E-state index in [1.54, 1.807) is 6.20 Å². The largest absolute Gasteiger partial charge is 0.490 e. The molecule has 4 rings (SSSR count). The molecule has 3 aliphatic rings. The maximum Gasteiger partial charge on any atom is 0.490 e. The van der Waals surface area contributed by atoms with Crippen LogP contribution in [0.15, 0.2) is 24.5 Å². The molecule has 1 aromatic heterocycles. The summed E-state index contributed by atoms with van der Waals surface area (Å²) < 4.78 is 75.4. The van der Waals surface area contributed by atoms with Crippen LogP contribution in [0.2, 0.25) is 0 Å². The molecule has 0 radical (unpaired) electrons. The van der Waals surface area contributed by atoms with Gasteiger partial charge in [0.1, 0.15) is 11.9 Å². The number of carboxylic acid groups (broad SMARTS) is 2. The fraction of sp³-hybridized carbons (Fsp3) is 0.650. The van der Waals surface area contributed by atoms with Crippen molar-refractivity contribution in [1.29, 1.82) is 0 Å². The number of carboxylic acids is 2. The average molecular weight is 534 g/mol. The summed E-state index contributed by atoms with van der Waals surface area (Å²) in [5.74, 6) is -3.50. The summed E-state index contributed by atoms with van der Waals surface area (Å²) in [5, 5.41) is 14.2. The molecular formula is C20H24F6N2O6S. The Labute approximate surface area is 200 Å². The number of alkyl halides is 6. The van der Waals surface area contributed by atoms with Crippen molar-refractivity contribution >= 4 is 23.7 Å². The lowest BCUT2D eigenvalue weighted by Crippen LogP contribution is -2.62. The number of carbonyl (C=O) groups is 2. The fourth-order valence-corrected chi connectivity index (χ4v) is 5.25. The van der Waals surface area contributed by atoms with Crippen molar-refractivity contribution in [2.24, 2.45) is 0 Å². The number of ether oxygens (including phenoxy) is 2. The zero-order valence-electron chi connectivity index (χ0n) is 18.2. The van der Waals surface area contributed by atoms with Crippen LogP contribution < -0.4 is 4.74 Å². The molecule has 0 aromatic carbocycles. The minimum absolute atomic E-state index is 0.344. The number of hydrogen-bond donors (Lipinski definition) is 2. The van der Waals surface area contributed by atoms with Crippen LogP contribution >= 0.6 is 11.8 Å².